The topological polar surface area (TPSA) is 68.3 Å². The van der Waals surface area contributed by atoms with Crippen LogP contribution in [-0.2, 0) is 16.6 Å². The number of rotatable bonds is 5. The SMILES string of the molecule is COc1cc(Br)ccc1S(=O)(=O)NCc1ccccn1. The number of hydrogen-bond donors (Lipinski definition) is 1. The molecule has 7 heteroatoms. The molecular formula is C13H13BrN2O3S. The van der Waals surface area contributed by atoms with E-state index < -0.39 is 10.0 Å². The summed E-state index contributed by atoms with van der Waals surface area (Å²) in [4.78, 5) is 4.16. The number of pyridine rings is 1. The summed E-state index contributed by atoms with van der Waals surface area (Å²) in [6, 6.07) is 10.1. The summed E-state index contributed by atoms with van der Waals surface area (Å²) in [5.41, 5.74) is 0.646. The van der Waals surface area contributed by atoms with Crippen molar-refractivity contribution in [2.75, 3.05) is 7.11 Å². The Morgan fingerprint density at radius 2 is 2.10 bits per heavy atom. The van der Waals surface area contributed by atoms with Crippen LogP contribution in [0.4, 0.5) is 0 Å². The fourth-order valence-corrected chi connectivity index (χ4v) is 3.10. The zero-order valence-electron chi connectivity index (χ0n) is 10.7. The van der Waals surface area contributed by atoms with Crippen LogP contribution >= 0.6 is 15.9 Å². The quantitative estimate of drug-likeness (QED) is 0.892. The highest BCUT2D eigenvalue weighted by Gasteiger charge is 2.19. The molecule has 2 rings (SSSR count). The Bertz CT molecular complexity index is 690. The molecule has 1 aromatic heterocycles. The van der Waals surface area contributed by atoms with Crippen LogP contribution in [0.15, 0.2) is 52.0 Å². The first kappa shape index (κ1) is 15.0. The summed E-state index contributed by atoms with van der Waals surface area (Å²) in [6.07, 6.45) is 1.61. The highest BCUT2D eigenvalue weighted by atomic mass is 79.9. The molecular weight excluding hydrogens is 344 g/mol. The van der Waals surface area contributed by atoms with Crippen molar-refractivity contribution in [1.29, 1.82) is 0 Å². The van der Waals surface area contributed by atoms with Crippen molar-refractivity contribution in [3.8, 4) is 5.75 Å². The number of ether oxygens (including phenoxy) is 1. The first-order chi connectivity index (χ1) is 9.53. The van der Waals surface area contributed by atoms with E-state index in [1.807, 2.05) is 0 Å². The van der Waals surface area contributed by atoms with Gasteiger partial charge in [0.1, 0.15) is 10.6 Å². The van der Waals surface area contributed by atoms with Gasteiger partial charge in [-0.05, 0) is 30.3 Å². The zero-order chi connectivity index (χ0) is 14.6. The third kappa shape index (κ3) is 3.56. The lowest BCUT2D eigenvalue weighted by Crippen LogP contribution is -2.24. The first-order valence-electron chi connectivity index (χ1n) is 5.76. The predicted molar refractivity (Wildman–Crippen MR) is 79.0 cm³/mol. The first-order valence-corrected chi connectivity index (χ1v) is 8.03. The Labute approximate surface area is 126 Å². The fourth-order valence-electron chi connectivity index (χ4n) is 1.61. The van der Waals surface area contributed by atoms with Crippen molar-refractivity contribution in [2.24, 2.45) is 0 Å². The van der Waals surface area contributed by atoms with Crippen molar-refractivity contribution < 1.29 is 13.2 Å². The van der Waals surface area contributed by atoms with Crippen LogP contribution in [0.25, 0.3) is 0 Å². The number of benzene rings is 1. The van der Waals surface area contributed by atoms with E-state index in [1.54, 1.807) is 36.5 Å². The van der Waals surface area contributed by atoms with Crippen LogP contribution in [0.2, 0.25) is 0 Å². The van der Waals surface area contributed by atoms with Crippen molar-refractivity contribution >= 4 is 26.0 Å². The van der Waals surface area contributed by atoms with Crippen LogP contribution in [0.5, 0.6) is 5.75 Å². The molecule has 0 saturated carbocycles. The highest BCUT2D eigenvalue weighted by molar-refractivity contribution is 9.10. The molecule has 0 saturated heterocycles. The van der Waals surface area contributed by atoms with E-state index in [0.29, 0.717) is 5.69 Å². The second-order valence-corrected chi connectivity index (χ2v) is 6.59. The minimum atomic E-state index is -3.65. The van der Waals surface area contributed by atoms with Gasteiger partial charge in [0.2, 0.25) is 10.0 Å². The van der Waals surface area contributed by atoms with Crippen molar-refractivity contribution in [3.05, 3.63) is 52.8 Å². The second-order valence-electron chi connectivity index (χ2n) is 3.94. The van der Waals surface area contributed by atoms with Gasteiger partial charge < -0.3 is 4.74 Å². The monoisotopic (exact) mass is 356 g/mol. The maximum absolute atomic E-state index is 12.3. The summed E-state index contributed by atoms with van der Waals surface area (Å²) in [5, 5.41) is 0. The summed E-state index contributed by atoms with van der Waals surface area (Å²) >= 11 is 3.27. The Kier molecular flexibility index (Phi) is 4.74. The normalized spacial score (nSPS) is 11.3. The van der Waals surface area contributed by atoms with E-state index in [1.165, 1.54) is 13.2 Å². The van der Waals surface area contributed by atoms with Gasteiger partial charge in [-0.25, -0.2) is 13.1 Å². The lowest BCUT2D eigenvalue weighted by Gasteiger charge is -2.10. The number of methoxy groups -OCH3 is 1. The van der Waals surface area contributed by atoms with Crippen molar-refractivity contribution in [3.63, 3.8) is 0 Å². The number of halogens is 1. The van der Waals surface area contributed by atoms with Crippen LogP contribution in [0.1, 0.15) is 5.69 Å². The molecule has 106 valence electrons. The Morgan fingerprint density at radius 3 is 2.75 bits per heavy atom. The smallest absolute Gasteiger partial charge is 0.244 e. The van der Waals surface area contributed by atoms with Crippen LogP contribution in [0, 0.1) is 0 Å². The summed E-state index contributed by atoms with van der Waals surface area (Å²) in [6.45, 7) is 0.127. The summed E-state index contributed by atoms with van der Waals surface area (Å²) in [5.74, 6) is 0.285. The van der Waals surface area contributed by atoms with Crippen LogP contribution in [-0.4, -0.2) is 20.5 Å². The molecule has 5 nitrogen and oxygen atoms in total. The van der Waals surface area contributed by atoms with Gasteiger partial charge >= 0.3 is 0 Å². The van der Waals surface area contributed by atoms with E-state index in [2.05, 4.69) is 25.6 Å². The Balaban J connectivity index is 2.22. The van der Waals surface area contributed by atoms with Crippen LogP contribution < -0.4 is 9.46 Å². The predicted octanol–water partition coefficient (Wildman–Crippen LogP) is 2.33. The minimum absolute atomic E-state index is 0.0964. The van der Waals surface area contributed by atoms with Crippen molar-refractivity contribution in [1.82, 2.24) is 9.71 Å². The average molecular weight is 357 g/mol. The van der Waals surface area contributed by atoms with Crippen LogP contribution in [0.3, 0.4) is 0 Å². The Hall–Kier alpha value is -1.44. The molecule has 0 bridgehead atoms. The second kappa shape index (κ2) is 6.34. The van der Waals surface area contributed by atoms with Gasteiger partial charge in [0.05, 0.1) is 19.3 Å². The minimum Gasteiger partial charge on any atom is -0.495 e. The van der Waals surface area contributed by atoms with E-state index >= 15 is 0 Å². The maximum Gasteiger partial charge on any atom is 0.244 e. The van der Waals surface area contributed by atoms with E-state index in [0.717, 1.165) is 4.47 Å². The molecule has 0 amide bonds. The molecule has 1 heterocycles. The lowest BCUT2D eigenvalue weighted by atomic mass is 10.3. The number of hydrogen-bond acceptors (Lipinski definition) is 4. The molecule has 2 aromatic rings. The molecule has 0 fully saturated rings. The van der Waals surface area contributed by atoms with Gasteiger partial charge in [0.15, 0.2) is 0 Å². The molecule has 0 aliphatic carbocycles. The third-order valence-electron chi connectivity index (χ3n) is 2.58. The van der Waals surface area contributed by atoms with Gasteiger partial charge in [0, 0.05) is 10.7 Å². The van der Waals surface area contributed by atoms with Gasteiger partial charge in [0.25, 0.3) is 0 Å². The lowest BCUT2D eigenvalue weighted by molar-refractivity contribution is 0.402. The molecule has 0 aliphatic heterocycles. The fraction of sp³-hybridized carbons (Fsp3) is 0.154. The third-order valence-corrected chi connectivity index (χ3v) is 4.52. The zero-order valence-corrected chi connectivity index (χ0v) is 13.1. The van der Waals surface area contributed by atoms with Crippen molar-refractivity contribution in [2.45, 2.75) is 11.4 Å². The average Bonchev–Trinajstić information content (AvgIpc) is 2.46. The molecule has 0 aliphatic rings. The molecule has 1 aromatic carbocycles. The summed E-state index contributed by atoms with van der Waals surface area (Å²) in [7, 11) is -2.22. The van der Waals surface area contributed by atoms with Gasteiger partial charge in [-0.15, -0.1) is 0 Å². The van der Waals surface area contributed by atoms with Gasteiger partial charge in [-0.1, -0.05) is 22.0 Å². The van der Waals surface area contributed by atoms with E-state index in [-0.39, 0.29) is 17.2 Å². The van der Waals surface area contributed by atoms with E-state index in [4.69, 9.17) is 4.74 Å². The highest BCUT2D eigenvalue weighted by Crippen LogP contribution is 2.27. The number of nitrogens with one attached hydrogen (secondary N) is 1. The number of aromatic nitrogens is 1. The standard InChI is InChI=1S/C13H13BrN2O3S/c1-19-12-8-10(14)5-6-13(12)20(17,18)16-9-11-4-2-3-7-15-11/h2-8,16H,9H2,1H3. The van der Waals surface area contributed by atoms with Gasteiger partial charge in [-0.2, -0.15) is 0 Å². The maximum atomic E-state index is 12.3. The molecule has 1 N–H and O–H groups in total. The number of sulfonamides is 1. The molecule has 0 unspecified atom stereocenters. The molecule has 20 heavy (non-hydrogen) atoms. The molecule has 0 atom stereocenters. The van der Waals surface area contributed by atoms with E-state index in [9.17, 15) is 8.42 Å². The Morgan fingerprint density at radius 1 is 1.30 bits per heavy atom. The van der Waals surface area contributed by atoms with Gasteiger partial charge in [-0.3, -0.25) is 4.98 Å². The molecule has 0 spiro atoms. The largest absolute Gasteiger partial charge is 0.495 e. The molecule has 0 radical (unpaired) electrons. The number of nitrogens with zero attached hydrogens (tertiary/aromatic N) is 1. The summed E-state index contributed by atoms with van der Waals surface area (Å²) < 4.78 is 32.9.